The molecule has 1 heterocycles. The van der Waals surface area contributed by atoms with Crippen LogP contribution in [0, 0.1) is 15.9 Å². The highest BCUT2D eigenvalue weighted by atomic mass is 79.9. The van der Waals surface area contributed by atoms with Gasteiger partial charge in [-0.3, -0.25) is 10.1 Å². The fourth-order valence-corrected chi connectivity index (χ4v) is 4.87. The Labute approximate surface area is 158 Å². The Morgan fingerprint density at radius 2 is 1.77 bits per heavy atom. The lowest BCUT2D eigenvalue weighted by atomic mass is 10.2. The minimum atomic E-state index is -3.66. The zero-order chi connectivity index (χ0) is 18.9. The number of halogens is 2. The fraction of sp³-hybridized carbons (Fsp3) is 0.250. The van der Waals surface area contributed by atoms with Crippen molar-refractivity contribution in [1.82, 2.24) is 4.31 Å². The second-order valence-corrected chi connectivity index (χ2v) is 8.59. The van der Waals surface area contributed by atoms with Gasteiger partial charge in [0, 0.05) is 42.8 Å². The van der Waals surface area contributed by atoms with Crippen molar-refractivity contribution >= 4 is 37.3 Å². The molecule has 0 unspecified atom stereocenters. The number of hydrogen-bond acceptors (Lipinski definition) is 5. The van der Waals surface area contributed by atoms with E-state index in [9.17, 15) is 22.9 Å². The molecule has 2 aromatic rings. The number of rotatable bonds is 4. The van der Waals surface area contributed by atoms with Crippen LogP contribution in [0.2, 0.25) is 0 Å². The van der Waals surface area contributed by atoms with E-state index in [2.05, 4.69) is 15.9 Å². The molecule has 1 aliphatic rings. The molecule has 1 saturated heterocycles. The van der Waals surface area contributed by atoms with Gasteiger partial charge in [0.15, 0.2) is 0 Å². The summed E-state index contributed by atoms with van der Waals surface area (Å²) in [5, 5.41) is 11.2. The van der Waals surface area contributed by atoms with Gasteiger partial charge in [-0.05, 0) is 24.3 Å². The first-order valence-corrected chi connectivity index (χ1v) is 9.97. The Kier molecular flexibility index (Phi) is 5.26. The Balaban J connectivity index is 1.80. The summed E-state index contributed by atoms with van der Waals surface area (Å²) in [6.45, 7) is 0.778. The molecular weight excluding hydrogens is 429 g/mol. The third-order valence-corrected chi connectivity index (χ3v) is 6.54. The normalized spacial score (nSPS) is 15.8. The predicted octanol–water partition coefficient (Wildman–Crippen LogP) is 3.01. The van der Waals surface area contributed by atoms with E-state index in [0.29, 0.717) is 4.47 Å². The van der Waals surface area contributed by atoms with Crippen molar-refractivity contribution < 1.29 is 17.7 Å². The first kappa shape index (κ1) is 18.7. The maximum Gasteiger partial charge on any atom is 0.292 e. The summed E-state index contributed by atoms with van der Waals surface area (Å²) in [6, 6.07) is 9.69. The maximum absolute atomic E-state index is 13.5. The summed E-state index contributed by atoms with van der Waals surface area (Å²) in [4.78, 5) is 12.4. The third-order valence-electron chi connectivity index (χ3n) is 4.15. The summed E-state index contributed by atoms with van der Waals surface area (Å²) in [7, 11) is -3.66. The molecule has 26 heavy (non-hydrogen) atoms. The molecule has 138 valence electrons. The van der Waals surface area contributed by atoms with Crippen molar-refractivity contribution in [2.24, 2.45) is 0 Å². The monoisotopic (exact) mass is 443 g/mol. The molecule has 0 aromatic heterocycles. The van der Waals surface area contributed by atoms with Gasteiger partial charge in [0.2, 0.25) is 10.0 Å². The molecule has 0 aliphatic carbocycles. The smallest absolute Gasteiger partial charge is 0.292 e. The van der Waals surface area contributed by atoms with Crippen LogP contribution in [0.1, 0.15) is 0 Å². The van der Waals surface area contributed by atoms with Gasteiger partial charge in [0.25, 0.3) is 5.69 Å². The molecule has 0 bridgehead atoms. The highest BCUT2D eigenvalue weighted by Gasteiger charge is 2.30. The first-order valence-electron chi connectivity index (χ1n) is 7.73. The van der Waals surface area contributed by atoms with Gasteiger partial charge >= 0.3 is 0 Å². The molecule has 10 heteroatoms. The molecule has 0 N–H and O–H groups in total. The topological polar surface area (TPSA) is 83.8 Å². The van der Waals surface area contributed by atoms with Crippen LogP contribution in [0.5, 0.6) is 0 Å². The molecule has 0 spiro atoms. The van der Waals surface area contributed by atoms with E-state index >= 15 is 0 Å². The van der Waals surface area contributed by atoms with Crippen molar-refractivity contribution in [3.8, 4) is 0 Å². The number of piperazine rings is 1. The average molecular weight is 444 g/mol. The summed E-state index contributed by atoms with van der Waals surface area (Å²) < 4.78 is 41.0. The highest BCUT2D eigenvalue weighted by Crippen LogP contribution is 2.30. The van der Waals surface area contributed by atoms with Crippen molar-refractivity contribution in [3.05, 3.63) is 62.9 Å². The first-order chi connectivity index (χ1) is 12.3. The molecule has 0 saturated carbocycles. The van der Waals surface area contributed by atoms with Crippen LogP contribution in [-0.4, -0.2) is 43.8 Å². The summed E-state index contributed by atoms with van der Waals surface area (Å²) in [6.07, 6.45) is 0. The van der Waals surface area contributed by atoms with Crippen LogP contribution >= 0.6 is 15.9 Å². The van der Waals surface area contributed by atoms with Gasteiger partial charge in [-0.2, -0.15) is 4.31 Å². The van der Waals surface area contributed by atoms with Crippen LogP contribution in [0.15, 0.2) is 51.8 Å². The molecule has 0 atom stereocenters. The largest absolute Gasteiger partial charge is 0.363 e. The average Bonchev–Trinajstić information content (AvgIpc) is 2.61. The lowest BCUT2D eigenvalue weighted by Gasteiger charge is -2.35. The molecule has 3 rings (SSSR count). The lowest BCUT2D eigenvalue weighted by molar-refractivity contribution is -0.384. The number of nitro benzene ring substituents is 1. The molecule has 1 fully saturated rings. The van der Waals surface area contributed by atoms with E-state index in [0.717, 1.165) is 18.2 Å². The number of benzene rings is 2. The van der Waals surface area contributed by atoms with E-state index < -0.39 is 20.8 Å². The number of nitrogens with zero attached hydrogens (tertiary/aromatic N) is 3. The SMILES string of the molecule is O=[N+]([O-])c1ccc(F)cc1N1CCN(S(=O)(=O)c2cccc(Br)c2)CC1. The van der Waals surface area contributed by atoms with Gasteiger partial charge in [0.1, 0.15) is 11.5 Å². The van der Waals surface area contributed by atoms with Crippen molar-refractivity contribution in [1.29, 1.82) is 0 Å². The molecule has 0 radical (unpaired) electrons. The Morgan fingerprint density at radius 3 is 2.38 bits per heavy atom. The molecular formula is C16H15BrFN3O4S. The van der Waals surface area contributed by atoms with Crippen LogP contribution in [-0.2, 0) is 10.0 Å². The quantitative estimate of drug-likeness (QED) is 0.535. The maximum atomic E-state index is 13.5. The van der Waals surface area contributed by atoms with E-state index in [1.165, 1.54) is 16.4 Å². The molecule has 2 aromatic carbocycles. The van der Waals surface area contributed by atoms with Crippen molar-refractivity contribution in [2.75, 3.05) is 31.1 Å². The van der Waals surface area contributed by atoms with Crippen LogP contribution < -0.4 is 4.90 Å². The summed E-state index contributed by atoms with van der Waals surface area (Å²) in [5.41, 5.74) is -0.0378. The van der Waals surface area contributed by atoms with E-state index in [1.807, 2.05) is 0 Å². The Morgan fingerprint density at radius 1 is 1.08 bits per heavy atom. The minimum Gasteiger partial charge on any atom is -0.363 e. The standard InChI is InChI=1S/C16H15BrFN3O4S/c17-12-2-1-3-14(10-12)26(24,25)20-8-6-19(7-9-20)16-11-13(18)4-5-15(16)21(22)23/h1-5,10-11H,6-9H2. The third kappa shape index (κ3) is 3.71. The summed E-state index contributed by atoms with van der Waals surface area (Å²) in [5.74, 6) is -0.574. The van der Waals surface area contributed by atoms with Crippen LogP contribution in [0.4, 0.5) is 15.8 Å². The van der Waals surface area contributed by atoms with Gasteiger partial charge in [-0.15, -0.1) is 0 Å². The number of nitro groups is 1. The van der Waals surface area contributed by atoms with E-state index in [1.54, 1.807) is 17.0 Å². The van der Waals surface area contributed by atoms with Crippen molar-refractivity contribution in [2.45, 2.75) is 4.90 Å². The van der Waals surface area contributed by atoms with Gasteiger partial charge in [-0.1, -0.05) is 22.0 Å². The molecule has 0 amide bonds. The van der Waals surface area contributed by atoms with Gasteiger partial charge < -0.3 is 4.90 Å². The Hall–Kier alpha value is -2.04. The van der Waals surface area contributed by atoms with Crippen LogP contribution in [0.3, 0.4) is 0 Å². The van der Waals surface area contributed by atoms with Crippen LogP contribution in [0.25, 0.3) is 0 Å². The van der Waals surface area contributed by atoms with E-state index in [4.69, 9.17) is 0 Å². The zero-order valence-electron chi connectivity index (χ0n) is 13.5. The second kappa shape index (κ2) is 7.29. The van der Waals surface area contributed by atoms with Gasteiger partial charge in [0.05, 0.1) is 9.82 Å². The molecule has 7 nitrogen and oxygen atoms in total. The second-order valence-electron chi connectivity index (χ2n) is 5.74. The number of hydrogen-bond donors (Lipinski definition) is 0. The zero-order valence-corrected chi connectivity index (χ0v) is 15.9. The fourth-order valence-electron chi connectivity index (χ4n) is 2.85. The number of anilines is 1. The predicted molar refractivity (Wildman–Crippen MR) is 98.2 cm³/mol. The number of sulfonamides is 1. The highest BCUT2D eigenvalue weighted by molar-refractivity contribution is 9.10. The van der Waals surface area contributed by atoms with E-state index in [-0.39, 0.29) is 42.4 Å². The molecule has 1 aliphatic heterocycles. The Bertz CT molecular complexity index is 946. The van der Waals surface area contributed by atoms with Gasteiger partial charge in [-0.25, -0.2) is 12.8 Å². The minimum absolute atomic E-state index is 0.155. The summed E-state index contributed by atoms with van der Waals surface area (Å²) >= 11 is 3.26. The lowest BCUT2D eigenvalue weighted by Crippen LogP contribution is -2.48. The van der Waals surface area contributed by atoms with Crippen molar-refractivity contribution in [3.63, 3.8) is 0 Å².